The maximum Gasteiger partial charge on any atom is 0.0541 e. The molecule has 0 saturated heterocycles. The smallest absolute Gasteiger partial charge is 0.0541 e. The van der Waals surface area contributed by atoms with Crippen molar-refractivity contribution in [2.75, 3.05) is 0 Å². The molecule has 2 aromatic heterocycles. The van der Waals surface area contributed by atoms with Crippen molar-refractivity contribution in [2.24, 2.45) is 0 Å². The largest absolute Gasteiger partial charge is 0.309 e. The Balaban J connectivity index is 1.08. The van der Waals surface area contributed by atoms with Crippen LogP contribution in [-0.4, -0.2) is 9.13 Å². The molecule has 2 heterocycles. The highest BCUT2D eigenvalue weighted by Crippen LogP contribution is 2.42. The zero-order valence-corrected chi connectivity index (χ0v) is 29.5. The maximum absolute atomic E-state index is 2.40. The van der Waals surface area contributed by atoms with Gasteiger partial charge in [0.2, 0.25) is 0 Å². The second-order valence-corrected chi connectivity index (χ2v) is 14.1. The van der Waals surface area contributed by atoms with Gasteiger partial charge in [0.15, 0.2) is 0 Å². The number of hydrogen-bond acceptors (Lipinski definition) is 0. The first-order chi connectivity index (χ1) is 26.8. The van der Waals surface area contributed by atoms with Crippen molar-refractivity contribution in [3.8, 4) is 44.8 Å². The van der Waals surface area contributed by atoms with Crippen LogP contribution in [0.25, 0.3) is 99.1 Å². The molecule has 0 spiro atoms. The van der Waals surface area contributed by atoms with Gasteiger partial charge in [0.25, 0.3) is 0 Å². The molecule has 0 radical (unpaired) electrons. The second kappa shape index (κ2) is 12.2. The lowest BCUT2D eigenvalue weighted by molar-refractivity contribution is 1.18. The summed E-state index contributed by atoms with van der Waals surface area (Å²) in [5.74, 6) is 0. The molecular formula is C52H34N2. The molecule has 11 rings (SSSR count). The first-order valence-electron chi connectivity index (χ1n) is 18.6. The monoisotopic (exact) mass is 686 g/mol. The lowest BCUT2D eigenvalue weighted by atomic mass is 9.90. The number of para-hydroxylation sites is 3. The van der Waals surface area contributed by atoms with Crippen LogP contribution in [0.4, 0.5) is 0 Å². The van der Waals surface area contributed by atoms with E-state index in [0.717, 1.165) is 5.69 Å². The molecule has 54 heavy (non-hydrogen) atoms. The van der Waals surface area contributed by atoms with Crippen molar-refractivity contribution in [1.82, 2.24) is 9.13 Å². The number of benzene rings is 9. The molecule has 0 aliphatic rings. The van der Waals surface area contributed by atoms with E-state index in [1.165, 1.54) is 93.5 Å². The Morgan fingerprint density at radius 3 is 1.24 bits per heavy atom. The molecule has 9 aromatic carbocycles. The van der Waals surface area contributed by atoms with Gasteiger partial charge < -0.3 is 9.13 Å². The average molecular weight is 687 g/mol. The highest BCUT2D eigenvalue weighted by molar-refractivity contribution is 6.14. The fourth-order valence-corrected chi connectivity index (χ4v) is 8.67. The van der Waals surface area contributed by atoms with Crippen molar-refractivity contribution < 1.29 is 0 Å². The first kappa shape index (κ1) is 30.5. The molecule has 11 aromatic rings. The van der Waals surface area contributed by atoms with E-state index in [-0.39, 0.29) is 0 Å². The van der Waals surface area contributed by atoms with E-state index in [9.17, 15) is 0 Å². The SMILES string of the molecule is c1ccc(-c2ccc(-n3c4ccccc4c4cc(-c5cccc6cccc(-c7ccc8c(c7)c7ccccc7n8-c7ccccc7)c56)ccc43)cc2)cc1. The Morgan fingerprint density at radius 2 is 0.685 bits per heavy atom. The van der Waals surface area contributed by atoms with Crippen LogP contribution in [0.2, 0.25) is 0 Å². The zero-order valence-electron chi connectivity index (χ0n) is 29.5. The molecule has 0 N–H and O–H groups in total. The van der Waals surface area contributed by atoms with E-state index in [2.05, 4.69) is 215 Å². The third-order valence-corrected chi connectivity index (χ3v) is 11.1. The van der Waals surface area contributed by atoms with Crippen LogP contribution in [0.5, 0.6) is 0 Å². The van der Waals surface area contributed by atoms with Crippen LogP contribution in [0.15, 0.2) is 206 Å². The van der Waals surface area contributed by atoms with Gasteiger partial charge in [-0.15, -0.1) is 0 Å². The summed E-state index contributed by atoms with van der Waals surface area (Å²) in [7, 11) is 0. The Labute approximate surface area is 313 Å². The second-order valence-electron chi connectivity index (χ2n) is 14.1. The molecule has 2 nitrogen and oxygen atoms in total. The lowest BCUT2D eigenvalue weighted by Gasteiger charge is -2.14. The van der Waals surface area contributed by atoms with Crippen LogP contribution in [0.3, 0.4) is 0 Å². The number of fused-ring (bicyclic) bond motifs is 7. The van der Waals surface area contributed by atoms with Crippen molar-refractivity contribution in [3.63, 3.8) is 0 Å². The van der Waals surface area contributed by atoms with Gasteiger partial charge in [-0.25, -0.2) is 0 Å². The van der Waals surface area contributed by atoms with E-state index in [1.807, 2.05) is 0 Å². The molecule has 0 amide bonds. The van der Waals surface area contributed by atoms with Gasteiger partial charge in [-0.3, -0.25) is 0 Å². The van der Waals surface area contributed by atoms with Gasteiger partial charge in [0.1, 0.15) is 0 Å². The third-order valence-electron chi connectivity index (χ3n) is 11.1. The quantitative estimate of drug-likeness (QED) is 0.171. The summed E-state index contributed by atoms with van der Waals surface area (Å²) in [5.41, 5.74) is 14.5. The Bertz CT molecular complexity index is 3180. The third kappa shape index (κ3) is 4.74. The predicted molar refractivity (Wildman–Crippen MR) is 229 cm³/mol. The summed E-state index contributed by atoms with van der Waals surface area (Å²) in [4.78, 5) is 0. The van der Waals surface area contributed by atoms with Gasteiger partial charge >= 0.3 is 0 Å². The molecular weight excluding hydrogens is 653 g/mol. The normalized spacial score (nSPS) is 11.7. The summed E-state index contributed by atoms with van der Waals surface area (Å²) >= 11 is 0. The average Bonchev–Trinajstić information content (AvgIpc) is 3.76. The number of aromatic nitrogens is 2. The van der Waals surface area contributed by atoms with Gasteiger partial charge in [-0.1, -0.05) is 146 Å². The molecule has 0 aliphatic carbocycles. The van der Waals surface area contributed by atoms with Gasteiger partial charge in [-0.2, -0.15) is 0 Å². The molecule has 0 saturated carbocycles. The van der Waals surface area contributed by atoms with Crippen molar-refractivity contribution in [2.45, 2.75) is 0 Å². The Morgan fingerprint density at radius 1 is 0.259 bits per heavy atom. The molecule has 0 unspecified atom stereocenters. The number of nitrogens with zero attached hydrogens (tertiary/aromatic N) is 2. The van der Waals surface area contributed by atoms with Crippen LogP contribution >= 0.6 is 0 Å². The summed E-state index contributed by atoms with van der Waals surface area (Å²) in [5, 5.41) is 7.52. The Hall–Kier alpha value is -7.16. The minimum Gasteiger partial charge on any atom is -0.309 e. The molecule has 0 aliphatic heterocycles. The molecule has 0 fully saturated rings. The number of rotatable bonds is 5. The summed E-state index contributed by atoms with van der Waals surface area (Å²) in [6.45, 7) is 0. The fourth-order valence-electron chi connectivity index (χ4n) is 8.67. The highest BCUT2D eigenvalue weighted by atomic mass is 15.0. The lowest BCUT2D eigenvalue weighted by Crippen LogP contribution is -1.94. The minimum absolute atomic E-state index is 1.16. The fraction of sp³-hybridized carbons (Fsp3) is 0. The van der Waals surface area contributed by atoms with Gasteiger partial charge in [0, 0.05) is 32.9 Å². The minimum atomic E-state index is 1.16. The van der Waals surface area contributed by atoms with Gasteiger partial charge in [-0.05, 0) is 105 Å². The van der Waals surface area contributed by atoms with Crippen molar-refractivity contribution in [3.05, 3.63) is 206 Å². The predicted octanol–water partition coefficient (Wildman–Crippen LogP) is 14.0. The number of hydrogen-bond donors (Lipinski definition) is 0. The molecule has 0 atom stereocenters. The van der Waals surface area contributed by atoms with Crippen LogP contribution in [0, 0.1) is 0 Å². The van der Waals surface area contributed by atoms with E-state index in [4.69, 9.17) is 0 Å². The summed E-state index contributed by atoms with van der Waals surface area (Å²) < 4.78 is 4.78. The van der Waals surface area contributed by atoms with Crippen LogP contribution in [0.1, 0.15) is 0 Å². The van der Waals surface area contributed by atoms with Crippen LogP contribution in [-0.2, 0) is 0 Å². The van der Waals surface area contributed by atoms with Crippen molar-refractivity contribution in [1.29, 1.82) is 0 Å². The van der Waals surface area contributed by atoms with Crippen molar-refractivity contribution >= 4 is 54.4 Å². The standard InChI is InChI=1S/C52H34N2/c1-3-13-35(14-4-1)36-25-29-41(30-26-36)54-49-24-10-8-20-45(49)47-34-39(28-32-51(47)54)43-22-12-16-37-15-11-21-42(52(37)43)38-27-31-50-46(33-38)44-19-7-9-23-48(44)53(50)40-17-5-2-6-18-40/h1-34H. The maximum atomic E-state index is 2.40. The van der Waals surface area contributed by atoms with E-state index in [0.29, 0.717) is 0 Å². The Kier molecular flexibility index (Phi) is 6.90. The zero-order chi connectivity index (χ0) is 35.6. The topological polar surface area (TPSA) is 9.86 Å². The molecule has 0 bridgehead atoms. The van der Waals surface area contributed by atoms with E-state index < -0.39 is 0 Å². The molecule has 2 heteroatoms. The van der Waals surface area contributed by atoms with E-state index >= 15 is 0 Å². The highest BCUT2D eigenvalue weighted by Gasteiger charge is 2.17. The van der Waals surface area contributed by atoms with E-state index in [1.54, 1.807) is 0 Å². The van der Waals surface area contributed by atoms with Gasteiger partial charge in [0.05, 0.1) is 22.1 Å². The first-order valence-corrected chi connectivity index (χ1v) is 18.6. The van der Waals surface area contributed by atoms with Crippen LogP contribution < -0.4 is 0 Å². The summed E-state index contributed by atoms with van der Waals surface area (Å²) in [6.07, 6.45) is 0. The molecule has 252 valence electrons. The summed E-state index contributed by atoms with van der Waals surface area (Å²) in [6, 6.07) is 75.2.